The van der Waals surface area contributed by atoms with E-state index in [2.05, 4.69) is 10.6 Å². The first kappa shape index (κ1) is 17.3. The molecule has 0 aromatic carbocycles. The van der Waals surface area contributed by atoms with Gasteiger partial charge in [0.2, 0.25) is 0 Å². The second-order valence-electron chi connectivity index (χ2n) is 4.58. The van der Waals surface area contributed by atoms with E-state index in [0.717, 1.165) is 17.9 Å². The molecule has 1 heterocycles. The molecule has 0 spiro atoms. The van der Waals surface area contributed by atoms with Crippen molar-refractivity contribution in [2.75, 3.05) is 51.9 Å². The van der Waals surface area contributed by atoms with Crippen molar-refractivity contribution in [3.63, 3.8) is 0 Å². The fourth-order valence-corrected chi connectivity index (χ4v) is 2.73. The van der Waals surface area contributed by atoms with Gasteiger partial charge in [0, 0.05) is 20.1 Å². The number of hydrogen-bond donors (Lipinski definition) is 3. The topological polar surface area (TPSA) is 96.7 Å². The van der Waals surface area contributed by atoms with Crippen molar-refractivity contribution in [1.82, 2.24) is 10.2 Å². The third-order valence-electron chi connectivity index (χ3n) is 2.70. The number of ether oxygens (including phenoxy) is 1. The molecular formula is C13H22N4O3S. The summed E-state index contributed by atoms with van der Waals surface area (Å²) >= 11 is 1.16. The molecule has 118 valence electrons. The van der Waals surface area contributed by atoms with E-state index in [1.807, 2.05) is 19.0 Å². The van der Waals surface area contributed by atoms with E-state index in [0.29, 0.717) is 16.4 Å². The standard InChI is InChI=1S/C13H22N4O3S/c1-5-20-13(19)8-9(14)10(11(18)15-2)21-12(8)16-6-7-17(3)4/h16H,5-7,14H2,1-4H3,(H,15,18). The highest BCUT2D eigenvalue weighted by molar-refractivity contribution is 7.19. The van der Waals surface area contributed by atoms with Gasteiger partial charge in [-0.25, -0.2) is 4.79 Å². The Labute approximate surface area is 128 Å². The van der Waals surface area contributed by atoms with Crippen LogP contribution in [0.5, 0.6) is 0 Å². The second-order valence-corrected chi connectivity index (χ2v) is 5.60. The number of rotatable bonds is 7. The van der Waals surface area contributed by atoms with E-state index in [-0.39, 0.29) is 23.8 Å². The average Bonchev–Trinajstić information content (AvgIpc) is 2.75. The number of nitrogen functional groups attached to an aromatic ring is 1. The Morgan fingerprint density at radius 2 is 2.05 bits per heavy atom. The molecule has 1 aromatic rings. The molecule has 0 saturated heterocycles. The minimum atomic E-state index is -0.520. The van der Waals surface area contributed by atoms with Crippen molar-refractivity contribution < 1.29 is 14.3 Å². The minimum absolute atomic E-state index is 0.158. The number of nitrogens with one attached hydrogen (secondary N) is 2. The molecule has 21 heavy (non-hydrogen) atoms. The lowest BCUT2D eigenvalue weighted by atomic mass is 10.2. The Morgan fingerprint density at radius 1 is 1.38 bits per heavy atom. The summed E-state index contributed by atoms with van der Waals surface area (Å²) in [7, 11) is 5.42. The number of esters is 1. The summed E-state index contributed by atoms with van der Waals surface area (Å²) < 4.78 is 5.01. The first-order chi connectivity index (χ1) is 9.92. The van der Waals surface area contributed by atoms with Crippen LogP contribution < -0.4 is 16.4 Å². The Balaban J connectivity index is 3.07. The summed E-state index contributed by atoms with van der Waals surface area (Å²) in [5.74, 6) is -0.836. The first-order valence-corrected chi connectivity index (χ1v) is 7.44. The number of nitrogens with two attached hydrogens (primary N) is 1. The van der Waals surface area contributed by atoms with Gasteiger partial charge in [-0.1, -0.05) is 0 Å². The van der Waals surface area contributed by atoms with Gasteiger partial charge in [0.15, 0.2) is 0 Å². The monoisotopic (exact) mass is 314 g/mol. The number of anilines is 2. The van der Waals surface area contributed by atoms with Crippen LogP contribution in [0, 0.1) is 0 Å². The van der Waals surface area contributed by atoms with Crippen LogP contribution in [-0.4, -0.2) is 57.6 Å². The fraction of sp³-hybridized carbons (Fsp3) is 0.538. The molecule has 0 aliphatic rings. The summed E-state index contributed by atoms with van der Waals surface area (Å²) in [6.07, 6.45) is 0. The maximum absolute atomic E-state index is 12.0. The lowest BCUT2D eigenvalue weighted by molar-refractivity contribution is 0.0529. The Bertz CT molecular complexity index is 514. The van der Waals surface area contributed by atoms with Gasteiger partial charge in [0.05, 0.1) is 12.3 Å². The molecule has 0 radical (unpaired) electrons. The molecule has 1 aromatic heterocycles. The van der Waals surface area contributed by atoms with Gasteiger partial charge in [0.1, 0.15) is 15.4 Å². The van der Waals surface area contributed by atoms with E-state index >= 15 is 0 Å². The average molecular weight is 314 g/mol. The molecule has 0 atom stereocenters. The summed E-state index contributed by atoms with van der Waals surface area (Å²) in [6.45, 7) is 3.39. The maximum Gasteiger partial charge on any atom is 0.343 e. The fourth-order valence-electron chi connectivity index (χ4n) is 1.65. The summed E-state index contributed by atoms with van der Waals surface area (Å²) in [5.41, 5.74) is 6.33. The molecule has 8 heteroatoms. The van der Waals surface area contributed by atoms with Crippen LogP contribution >= 0.6 is 11.3 Å². The number of carbonyl (C=O) groups is 2. The van der Waals surface area contributed by atoms with Gasteiger partial charge in [-0.3, -0.25) is 4.79 Å². The smallest absolute Gasteiger partial charge is 0.343 e. The summed E-state index contributed by atoms with van der Waals surface area (Å²) in [6, 6.07) is 0. The SMILES string of the molecule is CCOC(=O)c1c(NCCN(C)C)sc(C(=O)NC)c1N. The highest BCUT2D eigenvalue weighted by atomic mass is 32.1. The highest BCUT2D eigenvalue weighted by Crippen LogP contribution is 2.36. The van der Waals surface area contributed by atoms with Gasteiger partial charge in [-0.15, -0.1) is 11.3 Å². The normalized spacial score (nSPS) is 10.5. The molecule has 4 N–H and O–H groups in total. The quantitative estimate of drug-likeness (QED) is 0.645. The van der Waals surface area contributed by atoms with E-state index in [4.69, 9.17) is 10.5 Å². The van der Waals surface area contributed by atoms with Crippen LogP contribution in [0.3, 0.4) is 0 Å². The molecule has 0 aliphatic heterocycles. The molecule has 1 amide bonds. The van der Waals surface area contributed by atoms with Crippen LogP contribution in [0.25, 0.3) is 0 Å². The van der Waals surface area contributed by atoms with E-state index < -0.39 is 5.97 Å². The number of thiophene rings is 1. The van der Waals surface area contributed by atoms with Crippen molar-refractivity contribution in [2.45, 2.75) is 6.92 Å². The zero-order valence-electron chi connectivity index (χ0n) is 12.8. The summed E-state index contributed by atoms with van der Waals surface area (Å²) in [4.78, 5) is 26.1. The van der Waals surface area contributed by atoms with Crippen molar-refractivity contribution >= 4 is 33.9 Å². The van der Waals surface area contributed by atoms with Crippen LogP contribution in [0.4, 0.5) is 10.7 Å². The molecule has 0 fully saturated rings. The van der Waals surface area contributed by atoms with Crippen molar-refractivity contribution in [3.05, 3.63) is 10.4 Å². The maximum atomic E-state index is 12.0. The lowest BCUT2D eigenvalue weighted by Crippen LogP contribution is -2.21. The molecular weight excluding hydrogens is 292 g/mol. The predicted octanol–water partition coefficient (Wildman–Crippen LogP) is 0.840. The Hall–Kier alpha value is -1.80. The Kier molecular flexibility index (Phi) is 6.44. The Morgan fingerprint density at radius 3 is 2.57 bits per heavy atom. The number of amides is 1. The van der Waals surface area contributed by atoms with Crippen LogP contribution in [-0.2, 0) is 4.74 Å². The molecule has 0 saturated carbocycles. The zero-order chi connectivity index (χ0) is 16.0. The van der Waals surface area contributed by atoms with Crippen LogP contribution in [0.15, 0.2) is 0 Å². The molecule has 0 bridgehead atoms. The largest absolute Gasteiger partial charge is 0.462 e. The first-order valence-electron chi connectivity index (χ1n) is 6.62. The summed E-state index contributed by atoms with van der Waals surface area (Å²) in [5, 5.41) is 6.21. The third-order valence-corrected chi connectivity index (χ3v) is 3.86. The third kappa shape index (κ3) is 4.33. The molecule has 0 aliphatic carbocycles. The number of hydrogen-bond acceptors (Lipinski definition) is 7. The van der Waals surface area contributed by atoms with Gasteiger partial charge >= 0.3 is 5.97 Å². The van der Waals surface area contributed by atoms with Crippen LogP contribution in [0.2, 0.25) is 0 Å². The highest BCUT2D eigenvalue weighted by Gasteiger charge is 2.25. The lowest BCUT2D eigenvalue weighted by Gasteiger charge is -2.11. The van der Waals surface area contributed by atoms with Crippen molar-refractivity contribution in [3.8, 4) is 0 Å². The van der Waals surface area contributed by atoms with Crippen LogP contribution in [0.1, 0.15) is 27.0 Å². The molecule has 1 rings (SSSR count). The van der Waals surface area contributed by atoms with Crippen molar-refractivity contribution in [2.24, 2.45) is 0 Å². The van der Waals surface area contributed by atoms with Gasteiger partial charge in [-0.05, 0) is 21.0 Å². The predicted molar refractivity (Wildman–Crippen MR) is 85.1 cm³/mol. The minimum Gasteiger partial charge on any atom is -0.462 e. The van der Waals surface area contributed by atoms with Gasteiger partial charge in [-0.2, -0.15) is 0 Å². The van der Waals surface area contributed by atoms with E-state index in [9.17, 15) is 9.59 Å². The number of likely N-dealkylation sites (N-methyl/N-ethyl adjacent to an activating group) is 1. The van der Waals surface area contributed by atoms with Gasteiger partial charge < -0.3 is 26.0 Å². The van der Waals surface area contributed by atoms with E-state index in [1.165, 1.54) is 7.05 Å². The number of nitrogens with zero attached hydrogens (tertiary/aromatic N) is 1. The second kappa shape index (κ2) is 7.84. The number of carbonyl (C=O) groups excluding carboxylic acids is 2. The zero-order valence-corrected chi connectivity index (χ0v) is 13.6. The van der Waals surface area contributed by atoms with Gasteiger partial charge in [0.25, 0.3) is 5.91 Å². The molecule has 7 nitrogen and oxygen atoms in total. The van der Waals surface area contributed by atoms with Crippen molar-refractivity contribution in [1.29, 1.82) is 0 Å². The molecule has 0 unspecified atom stereocenters. The van der Waals surface area contributed by atoms with E-state index in [1.54, 1.807) is 6.92 Å².